The van der Waals surface area contributed by atoms with Gasteiger partial charge in [0.05, 0.1) is 6.04 Å². The van der Waals surface area contributed by atoms with Crippen LogP contribution in [0, 0.1) is 0 Å². The van der Waals surface area contributed by atoms with E-state index in [1.807, 2.05) is 48.2 Å². The zero-order valence-electron chi connectivity index (χ0n) is 13.7. The van der Waals surface area contributed by atoms with Crippen LogP contribution in [0.4, 0.5) is 10.5 Å². The molecule has 3 rings (SSSR count). The fourth-order valence-electron chi connectivity index (χ4n) is 2.83. The van der Waals surface area contributed by atoms with E-state index in [0.29, 0.717) is 18.1 Å². The molecular formula is C18H21ClN4O. The van der Waals surface area contributed by atoms with Crippen molar-refractivity contribution < 1.29 is 4.79 Å². The van der Waals surface area contributed by atoms with E-state index in [9.17, 15) is 4.79 Å². The highest BCUT2D eigenvalue weighted by Gasteiger charge is 2.22. The molecular weight excluding hydrogens is 324 g/mol. The summed E-state index contributed by atoms with van der Waals surface area (Å²) in [7, 11) is 0. The minimum absolute atomic E-state index is 0.0215. The third kappa shape index (κ3) is 3.97. The van der Waals surface area contributed by atoms with Crippen LogP contribution in [0.3, 0.4) is 0 Å². The molecule has 126 valence electrons. The highest BCUT2D eigenvalue weighted by atomic mass is 35.5. The lowest BCUT2D eigenvalue weighted by Gasteiger charge is -2.36. The van der Waals surface area contributed by atoms with Gasteiger partial charge in [0.1, 0.15) is 0 Å². The van der Waals surface area contributed by atoms with Gasteiger partial charge in [-0.1, -0.05) is 23.7 Å². The minimum atomic E-state index is -0.0482. The van der Waals surface area contributed by atoms with Gasteiger partial charge >= 0.3 is 6.03 Å². The predicted molar refractivity (Wildman–Crippen MR) is 96.4 cm³/mol. The smallest absolute Gasteiger partial charge is 0.317 e. The van der Waals surface area contributed by atoms with E-state index in [1.165, 1.54) is 0 Å². The van der Waals surface area contributed by atoms with E-state index in [1.54, 1.807) is 12.4 Å². The van der Waals surface area contributed by atoms with Gasteiger partial charge in [0.2, 0.25) is 0 Å². The predicted octanol–water partition coefficient (Wildman–Crippen LogP) is 3.33. The standard InChI is InChI=1S/C18H21ClN4O/c1-14(15-2-4-16(19)5-3-15)21-18(24)23-12-10-22(11-13-23)17-6-8-20-9-7-17/h2-9,14H,10-13H2,1H3,(H,21,24). The lowest BCUT2D eigenvalue weighted by atomic mass is 10.1. The number of pyridine rings is 1. The number of hydrogen-bond acceptors (Lipinski definition) is 3. The molecule has 0 aliphatic carbocycles. The summed E-state index contributed by atoms with van der Waals surface area (Å²) in [4.78, 5) is 20.6. The van der Waals surface area contributed by atoms with Crippen molar-refractivity contribution in [3.63, 3.8) is 0 Å². The first-order valence-electron chi connectivity index (χ1n) is 8.09. The third-order valence-electron chi connectivity index (χ3n) is 4.30. The quantitative estimate of drug-likeness (QED) is 0.929. The molecule has 1 aromatic heterocycles. The summed E-state index contributed by atoms with van der Waals surface area (Å²) in [5, 5.41) is 3.75. The van der Waals surface area contributed by atoms with Gasteiger partial charge in [-0.2, -0.15) is 0 Å². The number of benzene rings is 1. The number of aromatic nitrogens is 1. The van der Waals surface area contributed by atoms with Gasteiger partial charge in [-0.05, 0) is 36.8 Å². The number of rotatable bonds is 3. The second kappa shape index (κ2) is 7.53. The van der Waals surface area contributed by atoms with Gasteiger partial charge in [-0.15, -0.1) is 0 Å². The molecule has 0 spiro atoms. The molecule has 2 heterocycles. The molecule has 0 radical (unpaired) electrons. The van der Waals surface area contributed by atoms with Crippen LogP contribution >= 0.6 is 11.6 Å². The lowest BCUT2D eigenvalue weighted by Crippen LogP contribution is -2.52. The van der Waals surface area contributed by atoms with E-state index in [0.717, 1.165) is 24.3 Å². The Bertz CT molecular complexity index is 669. The van der Waals surface area contributed by atoms with Crippen LogP contribution in [0.15, 0.2) is 48.8 Å². The molecule has 5 nitrogen and oxygen atoms in total. The van der Waals surface area contributed by atoms with Gasteiger partial charge in [0, 0.05) is 49.3 Å². The van der Waals surface area contributed by atoms with Crippen molar-refractivity contribution in [3.05, 3.63) is 59.4 Å². The van der Waals surface area contributed by atoms with E-state index in [2.05, 4.69) is 15.2 Å². The average Bonchev–Trinajstić information content (AvgIpc) is 2.63. The Morgan fingerprint density at radius 2 is 1.71 bits per heavy atom. The van der Waals surface area contributed by atoms with Gasteiger partial charge in [-0.25, -0.2) is 4.79 Å². The van der Waals surface area contributed by atoms with Crippen molar-refractivity contribution in [1.82, 2.24) is 15.2 Å². The lowest BCUT2D eigenvalue weighted by molar-refractivity contribution is 0.191. The number of amides is 2. The summed E-state index contributed by atoms with van der Waals surface area (Å²) >= 11 is 5.90. The van der Waals surface area contributed by atoms with Gasteiger partial charge in [0.15, 0.2) is 0 Å². The number of anilines is 1. The largest absolute Gasteiger partial charge is 0.368 e. The van der Waals surface area contributed by atoms with Crippen molar-refractivity contribution in [2.75, 3.05) is 31.1 Å². The van der Waals surface area contributed by atoms with E-state index >= 15 is 0 Å². The summed E-state index contributed by atoms with van der Waals surface area (Å²) < 4.78 is 0. The Morgan fingerprint density at radius 3 is 2.33 bits per heavy atom. The maximum absolute atomic E-state index is 12.5. The fraction of sp³-hybridized carbons (Fsp3) is 0.333. The van der Waals surface area contributed by atoms with E-state index in [-0.39, 0.29) is 12.1 Å². The first kappa shape index (κ1) is 16.6. The van der Waals surface area contributed by atoms with Crippen LogP contribution in [-0.4, -0.2) is 42.1 Å². The van der Waals surface area contributed by atoms with Crippen LogP contribution in [-0.2, 0) is 0 Å². The molecule has 0 bridgehead atoms. The number of halogens is 1. The average molecular weight is 345 g/mol. The van der Waals surface area contributed by atoms with Crippen LogP contribution in [0.25, 0.3) is 0 Å². The maximum atomic E-state index is 12.5. The molecule has 1 aliphatic rings. The number of piperazine rings is 1. The molecule has 2 amide bonds. The summed E-state index contributed by atoms with van der Waals surface area (Å²) in [6, 6.07) is 11.5. The number of carbonyl (C=O) groups is 1. The first-order chi connectivity index (χ1) is 11.6. The highest BCUT2D eigenvalue weighted by molar-refractivity contribution is 6.30. The molecule has 1 N–H and O–H groups in total. The second-order valence-electron chi connectivity index (χ2n) is 5.90. The summed E-state index contributed by atoms with van der Waals surface area (Å²) in [6.07, 6.45) is 3.59. The molecule has 2 aromatic rings. The number of urea groups is 1. The number of carbonyl (C=O) groups excluding carboxylic acids is 1. The van der Waals surface area contributed by atoms with Crippen molar-refractivity contribution in [2.45, 2.75) is 13.0 Å². The van der Waals surface area contributed by atoms with Crippen molar-refractivity contribution in [3.8, 4) is 0 Å². The Morgan fingerprint density at radius 1 is 1.08 bits per heavy atom. The molecule has 1 aliphatic heterocycles. The van der Waals surface area contributed by atoms with Crippen molar-refractivity contribution >= 4 is 23.3 Å². The Kier molecular flexibility index (Phi) is 5.20. The van der Waals surface area contributed by atoms with Crippen molar-refractivity contribution in [2.24, 2.45) is 0 Å². The SMILES string of the molecule is CC(NC(=O)N1CCN(c2ccncc2)CC1)c1ccc(Cl)cc1. The van der Waals surface area contributed by atoms with Gasteiger partial charge < -0.3 is 15.1 Å². The molecule has 1 aromatic carbocycles. The summed E-state index contributed by atoms with van der Waals surface area (Å²) in [5.74, 6) is 0. The van der Waals surface area contributed by atoms with Gasteiger partial charge in [-0.3, -0.25) is 4.98 Å². The highest BCUT2D eigenvalue weighted by Crippen LogP contribution is 2.18. The van der Waals surface area contributed by atoms with Crippen LogP contribution in [0.5, 0.6) is 0 Å². The monoisotopic (exact) mass is 344 g/mol. The Balaban J connectivity index is 1.52. The zero-order chi connectivity index (χ0) is 16.9. The Labute approximate surface area is 147 Å². The van der Waals surface area contributed by atoms with E-state index in [4.69, 9.17) is 11.6 Å². The topological polar surface area (TPSA) is 48.5 Å². The van der Waals surface area contributed by atoms with Crippen molar-refractivity contribution in [1.29, 1.82) is 0 Å². The number of hydrogen-bond donors (Lipinski definition) is 1. The summed E-state index contributed by atoms with van der Waals surface area (Å²) in [6.45, 7) is 5.05. The van der Waals surface area contributed by atoms with E-state index < -0.39 is 0 Å². The normalized spacial score (nSPS) is 15.9. The molecule has 1 fully saturated rings. The first-order valence-corrected chi connectivity index (χ1v) is 8.47. The molecule has 1 unspecified atom stereocenters. The van der Waals surface area contributed by atoms with Crippen LogP contribution in [0.1, 0.15) is 18.5 Å². The van der Waals surface area contributed by atoms with Crippen LogP contribution in [0.2, 0.25) is 5.02 Å². The third-order valence-corrected chi connectivity index (χ3v) is 4.56. The molecule has 1 saturated heterocycles. The minimum Gasteiger partial charge on any atom is -0.368 e. The van der Waals surface area contributed by atoms with Crippen LogP contribution < -0.4 is 10.2 Å². The Hall–Kier alpha value is -2.27. The zero-order valence-corrected chi connectivity index (χ0v) is 14.4. The molecule has 0 saturated carbocycles. The summed E-state index contributed by atoms with van der Waals surface area (Å²) in [5.41, 5.74) is 2.20. The fourth-order valence-corrected chi connectivity index (χ4v) is 2.96. The molecule has 6 heteroatoms. The molecule has 24 heavy (non-hydrogen) atoms. The maximum Gasteiger partial charge on any atom is 0.317 e. The second-order valence-corrected chi connectivity index (χ2v) is 6.34. The molecule has 1 atom stereocenters. The van der Waals surface area contributed by atoms with Gasteiger partial charge in [0.25, 0.3) is 0 Å². The number of nitrogens with zero attached hydrogens (tertiary/aromatic N) is 3. The number of nitrogens with one attached hydrogen (secondary N) is 1.